The summed E-state index contributed by atoms with van der Waals surface area (Å²) in [6.45, 7) is 2.02. The topological polar surface area (TPSA) is 97.8 Å². The lowest BCUT2D eigenvalue weighted by molar-refractivity contribution is -0.133. The van der Waals surface area contributed by atoms with Crippen molar-refractivity contribution in [1.82, 2.24) is 4.90 Å². The number of amides is 1. The summed E-state index contributed by atoms with van der Waals surface area (Å²) in [5.74, 6) is -0.945. The van der Waals surface area contributed by atoms with Gasteiger partial charge in [0.05, 0.1) is 22.4 Å². The summed E-state index contributed by atoms with van der Waals surface area (Å²) in [5, 5.41) is 0. The average molecular weight is 630 g/mol. The minimum Gasteiger partial charge on any atom is -0.489 e. The van der Waals surface area contributed by atoms with Crippen molar-refractivity contribution < 1.29 is 35.1 Å². The van der Waals surface area contributed by atoms with Gasteiger partial charge in [-0.05, 0) is 97.7 Å². The van der Waals surface area contributed by atoms with Gasteiger partial charge in [0.1, 0.15) is 28.7 Å². The standard InChI is InChI=1S/C32H33F2NO6S2/c1-21-3-2-4-29(34)27(21)19-41-25-8-11-28-23(18-25)5-12-30-32(28,43(39,40)26-9-6-24(33)7-10-26)14-15-35(30)31(36)17-22-13-16-42(37,38)20-22/h2-4,6-11,18,22,30H,5,12-17,19-20H2,1H3/t22?,30-,32-/m1/s1. The zero-order chi connectivity index (χ0) is 30.6. The van der Waals surface area contributed by atoms with Crippen LogP contribution in [0.3, 0.4) is 0 Å². The number of rotatable bonds is 7. The van der Waals surface area contributed by atoms with Crippen LogP contribution in [-0.2, 0) is 42.2 Å². The van der Waals surface area contributed by atoms with Gasteiger partial charge in [-0.3, -0.25) is 4.79 Å². The van der Waals surface area contributed by atoms with E-state index in [-0.39, 0.29) is 60.0 Å². The van der Waals surface area contributed by atoms with Gasteiger partial charge in [-0.1, -0.05) is 18.2 Å². The highest BCUT2D eigenvalue weighted by molar-refractivity contribution is 7.92. The smallest absolute Gasteiger partial charge is 0.223 e. The molecule has 2 aliphatic heterocycles. The maximum Gasteiger partial charge on any atom is 0.223 e. The number of hydrogen-bond donors (Lipinski definition) is 0. The molecule has 2 fully saturated rings. The second-order valence-corrected chi connectivity index (χ2v) is 16.3. The van der Waals surface area contributed by atoms with E-state index in [0.717, 1.165) is 23.3 Å². The van der Waals surface area contributed by atoms with Crippen LogP contribution in [0, 0.1) is 24.5 Å². The van der Waals surface area contributed by atoms with Crippen LogP contribution in [0.5, 0.6) is 5.75 Å². The van der Waals surface area contributed by atoms with Crippen molar-refractivity contribution >= 4 is 25.6 Å². The third-order valence-electron chi connectivity index (χ3n) is 9.31. The molecule has 3 aromatic carbocycles. The van der Waals surface area contributed by atoms with E-state index in [1.165, 1.54) is 18.2 Å². The molecule has 0 bridgehead atoms. The largest absolute Gasteiger partial charge is 0.489 e. The maximum atomic E-state index is 14.5. The molecular weight excluding hydrogens is 596 g/mol. The number of benzene rings is 3. The molecule has 7 nitrogen and oxygen atoms in total. The highest BCUT2D eigenvalue weighted by Gasteiger charge is 2.60. The lowest BCUT2D eigenvalue weighted by Crippen LogP contribution is -2.52. The Morgan fingerprint density at radius 3 is 2.53 bits per heavy atom. The van der Waals surface area contributed by atoms with E-state index in [1.54, 1.807) is 42.2 Å². The van der Waals surface area contributed by atoms with E-state index in [9.17, 15) is 30.4 Å². The Morgan fingerprint density at radius 2 is 1.84 bits per heavy atom. The van der Waals surface area contributed by atoms with Gasteiger partial charge in [-0.25, -0.2) is 25.6 Å². The SMILES string of the molecule is Cc1cccc(F)c1COc1ccc2c(c1)CC[C@H]1N(C(=O)CC3CCS(=O)(=O)C3)CC[C@@]21S(=O)(=O)c1ccc(F)cc1. The number of nitrogens with zero attached hydrogens (tertiary/aromatic N) is 1. The minimum absolute atomic E-state index is 0.0120. The number of carbonyl (C=O) groups excluding carboxylic acids is 1. The van der Waals surface area contributed by atoms with Crippen molar-refractivity contribution in [2.75, 3.05) is 18.1 Å². The van der Waals surface area contributed by atoms with Gasteiger partial charge in [0, 0.05) is 18.5 Å². The highest BCUT2D eigenvalue weighted by Crippen LogP contribution is 2.53. The number of fused-ring (bicyclic) bond motifs is 3. The fourth-order valence-corrected chi connectivity index (χ4v) is 11.3. The quantitative estimate of drug-likeness (QED) is 0.345. The molecular formula is C32H33F2NO6S2. The van der Waals surface area contributed by atoms with Gasteiger partial charge in [-0.15, -0.1) is 0 Å². The first-order chi connectivity index (χ1) is 20.4. The zero-order valence-corrected chi connectivity index (χ0v) is 25.4. The molecule has 11 heteroatoms. The van der Waals surface area contributed by atoms with E-state index >= 15 is 0 Å². The van der Waals surface area contributed by atoms with Crippen molar-refractivity contribution in [3.05, 3.63) is 94.6 Å². The Labute approximate surface area is 250 Å². The van der Waals surface area contributed by atoms with E-state index in [2.05, 4.69) is 0 Å². The van der Waals surface area contributed by atoms with Crippen molar-refractivity contribution in [2.24, 2.45) is 5.92 Å². The molecule has 1 amide bonds. The first-order valence-electron chi connectivity index (χ1n) is 14.4. The van der Waals surface area contributed by atoms with Crippen LogP contribution < -0.4 is 4.74 Å². The number of sulfone groups is 2. The van der Waals surface area contributed by atoms with Crippen LogP contribution in [0.2, 0.25) is 0 Å². The molecule has 0 spiro atoms. The van der Waals surface area contributed by atoms with Crippen molar-refractivity contribution in [3.63, 3.8) is 0 Å². The summed E-state index contributed by atoms with van der Waals surface area (Å²) in [7, 11) is -7.29. The van der Waals surface area contributed by atoms with Gasteiger partial charge >= 0.3 is 0 Å². The number of ether oxygens (including phenoxy) is 1. The first kappa shape index (κ1) is 29.7. The molecule has 6 rings (SSSR count). The van der Waals surface area contributed by atoms with Crippen LogP contribution in [0.15, 0.2) is 65.6 Å². The first-order valence-corrected chi connectivity index (χ1v) is 17.7. The Balaban J connectivity index is 1.36. The maximum absolute atomic E-state index is 14.5. The molecule has 3 aliphatic rings. The molecule has 0 aromatic heterocycles. The lowest BCUT2D eigenvalue weighted by atomic mass is 9.78. The number of likely N-dealkylation sites (tertiary alicyclic amines) is 1. The molecule has 43 heavy (non-hydrogen) atoms. The van der Waals surface area contributed by atoms with Crippen molar-refractivity contribution in [2.45, 2.75) is 61.3 Å². The Hall–Kier alpha value is -3.31. The molecule has 0 N–H and O–H groups in total. The van der Waals surface area contributed by atoms with E-state index in [1.807, 2.05) is 0 Å². The normalized spacial score (nSPS) is 24.4. The predicted molar refractivity (Wildman–Crippen MR) is 157 cm³/mol. The zero-order valence-electron chi connectivity index (χ0n) is 23.8. The van der Waals surface area contributed by atoms with Gasteiger partial charge in [-0.2, -0.15) is 0 Å². The van der Waals surface area contributed by atoms with Gasteiger partial charge in [0.25, 0.3) is 0 Å². The number of carbonyl (C=O) groups is 1. The van der Waals surface area contributed by atoms with Gasteiger partial charge in [0.2, 0.25) is 5.91 Å². The van der Waals surface area contributed by atoms with Gasteiger partial charge < -0.3 is 9.64 Å². The van der Waals surface area contributed by atoms with Crippen molar-refractivity contribution in [1.29, 1.82) is 0 Å². The van der Waals surface area contributed by atoms with Gasteiger partial charge in [0.15, 0.2) is 19.7 Å². The molecule has 3 aromatic rings. The van der Waals surface area contributed by atoms with E-state index in [0.29, 0.717) is 36.1 Å². The third kappa shape index (κ3) is 5.24. The monoisotopic (exact) mass is 629 g/mol. The van der Waals surface area contributed by atoms with Crippen LogP contribution in [0.1, 0.15) is 47.9 Å². The predicted octanol–water partition coefficient (Wildman–Crippen LogP) is 4.89. The Morgan fingerprint density at radius 1 is 1.07 bits per heavy atom. The number of aryl methyl sites for hydroxylation is 2. The summed E-state index contributed by atoms with van der Waals surface area (Å²) < 4.78 is 85.7. The van der Waals surface area contributed by atoms with E-state index in [4.69, 9.17) is 4.74 Å². The summed E-state index contributed by atoms with van der Waals surface area (Å²) >= 11 is 0. The number of hydrogen-bond acceptors (Lipinski definition) is 6. The van der Waals surface area contributed by atoms with Crippen LogP contribution >= 0.6 is 0 Å². The lowest BCUT2D eigenvalue weighted by Gasteiger charge is -2.42. The fraction of sp³-hybridized carbons (Fsp3) is 0.406. The average Bonchev–Trinajstić information content (AvgIpc) is 3.53. The molecule has 1 unspecified atom stereocenters. The third-order valence-corrected chi connectivity index (χ3v) is 13.7. The molecule has 228 valence electrons. The molecule has 3 atom stereocenters. The Bertz CT molecular complexity index is 1770. The minimum atomic E-state index is -4.13. The van der Waals surface area contributed by atoms with E-state index < -0.39 is 36.3 Å². The molecule has 1 aliphatic carbocycles. The summed E-state index contributed by atoms with van der Waals surface area (Å²) in [6.07, 6.45) is 1.48. The summed E-state index contributed by atoms with van der Waals surface area (Å²) in [5.41, 5.74) is 2.54. The second-order valence-electron chi connectivity index (χ2n) is 11.9. The van der Waals surface area contributed by atoms with Crippen LogP contribution in [-0.4, -0.2) is 51.7 Å². The van der Waals surface area contributed by atoms with Crippen LogP contribution in [0.4, 0.5) is 8.78 Å². The highest BCUT2D eigenvalue weighted by atomic mass is 32.2. The number of halogens is 2. The summed E-state index contributed by atoms with van der Waals surface area (Å²) in [4.78, 5) is 15.2. The fourth-order valence-electron chi connectivity index (χ4n) is 7.12. The molecule has 0 radical (unpaired) electrons. The van der Waals surface area contributed by atoms with Crippen molar-refractivity contribution in [3.8, 4) is 5.75 Å². The second kappa shape index (κ2) is 11.0. The molecule has 0 saturated carbocycles. The Kier molecular flexibility index (Phi) is 7.61. The summed E-state index contributed by atoms with van der Waals surface area (Å²) in [6, 6.07) is 14.1. The molecule has 2 saturated heterocycles. The molecule has 2 heterocycles. The van der Waals surface area contributed by atoms with Crippen LogP contribution in [0.25, 0.3) is 0 Å².